The predicted octanol–water partition coefficient (Wildman–Crippen LogP) is 3.90. The molecule has 0 aliphatic heterocycles. The molecule has 2 N–H and O–H groups in total. The fourth-order valence-corrected chi connectivity index (χ4v) is 3.11. The van der Waals surface area contributed by atoms with Crippen LogP contribution in [0.5, 0.6) is 0 Å². The lowest BCUT2D eigenvalue weighted by molar-refractivity contribution is 0.169. The second-order valence-corrected chi connectivity index (χ2v) is 6.77. The molecule has 1 atom stereocenters. The van der Waals surface area contributed by atoms with E-state index in [9.17, 15) is 5.11 Å². The molecule has 0 amide bonds. The number of nitrogens with one attached hydrogen (secondary N) is 1. The van der Waals surface area contributed by atoms with Gasteiger partial charge in [0, 0.05) is 13.1 Å². The second kappa shape index (κ2) is 5.78. The molecular formula is C19H25NO. The van der Waals surface area contributed by atoms with Crippen molar-refractivity contribution in [3.63, 3.8) is 0 Å². The minimum Gasteiger partial charge on any atom is -0.387 e. The Kier molecular flexibility index (Phi) is 4.01. The van der Waals surface area contributed by atoms with E-state index in [0.29, 0.717) is 12.0 Å². The van der Waals surface area contributed by atoms with Crippen molar-refractivity contribution in [1.29, 1.82) is 0 Å². The molecule has 0 radical (unpaired) electrons. The first kappa shape index (κ1) is 14.6. The zero-order valence-corrected chi connectivity index (χ0v) is 13.0. The highest BCUT2D eigenvalue weighted by Gasteiger charge is 2.44. The standard InChI is InChI=1S/C19H25NO/c1-14(2)19(9-10-19)13-20-12-18(21)17-8-7-15-5-3-4-6-16(15)11-17/h3-8,11,14,18,20-21H,9-10,12-13H2,1-2H3. The lowest BCUT2D eigenvalue weighted by atomic mass is 9.92. The molecule has 2 aromatic carbocycles. The van der Waals surface area contributed by atoms with Gasteiger partial charge in [-0.05, 0) is 46.6 Å². The summed E-state index contributed by atoms with van der Waals surface area (Å²) >= 11 is 0. The molecule has 1 aliphatic carbocycles. The van der Waals surface area contributed by atoms with Crippen molar-refractivity contribution in [1.82, 2.24) is 5.32 Å². The summed E-state index contributed by atoms with van der Waals surface area (Å²) in [6.07, 6.45) is 2.21. The molecule has 2 heteroatoms. The minimum atomic E-state index is -0.433. The number of aliphatic hydroxyl groups is 1. The third-order valence-electron chi connectivity index (χ3n) is 5.09. The quantitative estimate of drug-likeness (QED) is 0.842. The van der Waals surface area contributed by atoms with Crippen LogP contribution >= 0.6 is 0 Å². The highest BCUT2D eigenvalue weighted by atomic mass is 16.3. The van der Waals surface area contributed by atoms with Gasteiger partial charge < -0.3 is 10.4 Å². The monoisotopic (exact) mass is 283 g/mol. The van der Waals surface area contributed by atoms with E-state index in [2.05, 4.69) is 43.4 Å². The van der Waals surface area contributed by atoms with E-state index in [-0.39, 0.29) is 0 Å². The third kappa shape index (κ3) is 3.12. The van der Waals surface area contributed by atoms with E-state index in [4.69, 9.17) is 0 Å². The molecule has 1 aliphatic rings. The van der Waals surface area contributed by atoms with E-state index in [1.807, 2.05) is 18.2 Å². The van der Waals surface area contributed by atoms with Crippen molar-refractivity contribution in [3.8, 4) is 0 Å². The van der Waals surface area contributed by atoms with Gasteiger partial charge in [-0.1, -0.05) is 50.2 Å². The number of aliphatic hydroxyl groups excluding tert-OH is 1. The first-order valence-corrected chi connectivity index (χ1v) is 7.98. The van der Waals surface area contributed by atoms with E-state index in [1.165, 1.54) is 23.6 Å². The molecular weight excluding hydrogens is 258 g/mol. The van der Waals surface area contributed by atoms with Crippen molar-refractivity contribution in [2.75, 3.05) is 13.1 Å². The Hall–Kier alpha value is -1.38. The Bertz CT molecular complexity index is 616. The maximum absolute atomic E-state index is 10.4. The number of fused-ring (bicyclic) bond motifs is 1. The molecule has 0 heterocycles. The van der Waals surface area contributed by atoms with Gasteiger partial charge in [0.2, 0.25) is 0 Å². The molecule has 2 nitrogen and oxygen atoms in total. The zero-order valence-electron chi connectivity index (χ0n) is 13.0. The van der Waals surface area contributed by atoms with Crippen LogP contribution in [0.25, 0.3) is 10.8 Å². The molecule has 0 spiro atoms. The zero-order chi connectivity index (χ0) is 14.9. The van der Waals surface area contributed by atoms with Crippen LogP contribution in [0.15, 0.2) is 42.5 Å². The molecule has 0 aromatic heterocycles. The minimum absolute atomic E-state index is 0.433. The SMILES string of the molecule is CC(C)C1(CNCC(O)c2ccc3ccccc3c2)CC1. The lowest BCUT2D eigenvalue weighted by Gasteiger charge is -2.21. The highest BCUT2D eigenvalue weighted by Crippen LogP contribution is 2.51. The largest absolute Gasteiger partial charge is 0.387 e. The van der Waals surface area contributed by atoms with Gasteiger partial charge in [0.1, 0.15) is 0 Å². The first-order valence-electron chi connectivity index (χ1n) is 7.98. The van der Waals surface area contributed by atoms with Gasteiger partial charge in [-0.3, -0.25) is 0 Å². The summed E-state index contributed by atoms with van der Waals surface area (Å²) in [6, 6.07) is 14.5. The Morgan fingerprint density at radius 3 is 2.48 bits per heavy atom. The number of benzene rings is 2. The molecule has 112 valence electrons. The van der Waals surface area contributed by atoms with Crippen molar-refractivity contribution in [2.45, 2.75) is 32.8 Å². The van der Waals surface area contributed by atoms with Crippen LogP contribution in [0.1, 0.15) is 38.4 Å². The first-order chi connectivity index (χ1) is 10.1. The van der Waals surface area contributed by atoms with E-state index < -0.39 is 6.10 Å². The molecule has 3 rings (SSSR count). The smallest absolute Gasteiger partial charge is 0.0914 e. The van der Waals surface area contributed by atoms with Gasteiger partial charge >= 0.3 is 0 Å². The third-order valence-corrected chi connectivity index (χ3v) is 5.09. The van der Waals surface area contributed by atoms with Gasteiger partial charge in [-0.2, -0.15) is 0 Å². The van der Waals surface area contributed by atoms with Crippen LogP contribution in [-0.2, 0) is 0 Å². The molecule has 0 saturated heterocycles. The van der Waals surface area contributed by atoms with E-state index >= 15 is 0 Å². The van der Waals surface area contributed by atoms with Crippen LogP contribution < -0.4 is 5.32 Å². The molecule has 1 saturated carbocycles. The van der Waals surface area contributed by atoms with Crippen molar-refractivity contribution < 1.29 is 5.11 Å². The molecule has 0 bridgehead atoms. The van der Waals surface area contributed by atoms with Crippen molar-refractivity contribution in [2.24, 2.45) is 11.3 Å². The normalized spacial score (nSPS) is 18.1. The van der Waals surface area contributed by atoms with Gasteiger partial charge in [-0.25, -0.2) is 0 Å². The number of hydrogen-bond acceptors (Lipinski definition) is 2. The lowest BCUT2D eigenvalue weighted by Crippen LogP contribution is -2.30. The average Bonchev–Trinajstić information content (AvgIpc) is 3.28. The van der Waals surface area contributed by atoms with Crippen LogP contribution in [0.3, 0.4) is 0 Å². The Morgan fingerprint density at radius 1 is 1.10 bits per heavy atom. The second-order valence-electron chi connectivity index (χ2n) is 6.77. The Labute approximate surface area is 127 Å². The summed E-state index contributed by atoms with van der Waals surface area (Å²) in [7, 11) is 0. The highest BCUT2D eigenvalue weighted by molar-refractivity contribution is 5.83. The van der Waals surface area contributed by atoms with Crippen LogP contribution in [0.2, 0.25) is 0 Å². The number of hydrogen-bond donors (Lipinski definition) is 2. The van der Waals surface area contributed by atoms with E-state index in [0.717, 1.165) is 18.0 Å². The van der Waals surface area contributed by atoms with Crippen molar-refractivity contribution in [3.05, 3.63) is 48.0 Å². The van der Waals surface area contributed by atoms with Gasteiger partial charge in [0.15, 0.2) is 0 Å². The maximum Gasteiger partial charge on any atom is 0.0914 e. The summed E-state index contributed by atoms with van der Waals surface area (Å²) in [6.45, 7) is 6.25. The van der Waals surface area contributed by atoms with Crippen LogP contribution in [0, 0.1) is 11.3 Å². The van der Waals surface area contributed by atoms with Crippen molar-refractivity contribution >= 4 is 10.8 Å². The van der Waals surface area contributed by atoms with Gasteiger partial charge in [0.05, 0.1) is 6.10 Å². The molecule has 1 fully saturated rings. The topological polar surface area (TPSA) is 32.3 Å². The summed E-state index contributed by atoms with van der Waals surface area (Å²) < 4.78 is 0. The Balaban J connectivity index is 1.60. The molecule has 2 aromatic rings. The van der Waals surface area contributed by atoms with E-state index in [1.54, 1.807) is 0 Å². The Morgan fingerprint density at radius 2 is 1.81 bits per heavy atom. The molecule has 1 unspecified atom stereocenters. The van der Waals surface area contributed by atoms with Crippen LogP contribution in [-0.4, -0.2) is 18.2 Å². The summed E-state index contributed by atoms with van der Waals surface area (Å²) in [4.78, 5) is 0. The molecule has 21 heavy (non-hydrogen) atoms. The average molecular weight is 283 g/mol. The number of rotatable bonds is 6. The summed E-state index contributed by atoms with van der Waals surface area (Å²) in [5, 5.41) is 16.2. The van der Waals surface area contributed by atoms with Gasteiger partial charge in [0.25, 0.3) is 0 Å². The van der Waals surface area contributed by atoms with Gasteiger partial charge in [-0.15, -0.1) is 0 Å². The fraction of sp³-hybridized carbons (Fsp3) is 0.474. The van der Waals surface area contributed by atoms with Crippen LogP contribution in [0.4, 0.5) is 0 Å². The predicted molar refractivity (Wildman–Crippen MR) is 88.3 cm³/mol. The fourth-order valence-electron chi connectivity index (χ4n) is 3.11. The summed E-state index contributed by atoms with van der Waals surface area (Å²) in [5.41, 5.74) is 1.49. The summed E-state index contributed by atoms with van der Waals surface area (Å²) in [5.74, 6) is 0.725. The maximum atomic E-state index is 10.4.